The number of hydrogen-bond donors (Lipinski definition) is 1. The number of hydrogen-bond acceptors (Lipinski definition) is 3. The first-order chi connectivity index (χ1) is 8.49. The van der Waals surface area contributed by atoms with Gasteiger partial charge in [0.2, 0.25) is 0 Å². The van der Waals surface area contributed by atoms with Gasteiger partial charge in [0.15, 0.2) is 0 Å². The van der Waals surface area contributed by atoms with Gasteiger partial charge in [0.05, 0.1) is 0 Å². The Morgan fingerprint density at radius 3 is 2.83 bits per heavy atom. The number of ether oxygens (including phenoxy) is 1. The van der Waals surface area contributed by atoms with Crippen molar-refractivity contribution >= 4 is 33.6 Å². The molecular weight excluding hydrogens is 300 g/mol. The first kappa shape index (κ1) is 12.9. The van der Waals surface area contributed by atoms with Crippen LogP contribution in [0.1, 0.15) is 5.56 Å². The fourth-order valence-electron chi connectivity index (χ4n) is 1.73. The maximum absolute atomic E-state index is 12.0. The molecule has 2 amide bonds. The van der Waals surface area contributed by atoms with Gasteiger partial charge < -0.3 is 10.1 Å². The minimum Gasteiger partial charge on any atom is -0.447 e. The highest BCUT2D eigenvalue weighted by atomic mass is 79.9. The molecule has 1 aromatic rings. The van der Waals surface area contributed by atoms with Crippen LogP contribution in [0.2, 0.25) is 0 Å². The van der Waals surface area contributed by atoms with E-state index in [2.05, 4.69) is 21.2 Å². The van der Waals surface area contributed by atoms with E-state index in [1.807, 2.05) is 25.1 Å². The van der Waals surface area contributed by atoms with Gasteiger partial charge in [0, 0.05) is 17.2 Å². The van der Waals surface area contributed by atoms with Gasteiger partial charge in [-0.3, -0.25) is 9.69 Å². The Balaban J connectivity index is 2.10. The fraction of sp³-hybridized carbons (Fsp3) is 0.333. The van der Waals surface area contributed by atoms with Crippen molar-refractivity contribution in [3.63, 3.8) is 0 Å². The average molecular weight is 313 g/mol. The van der Waals surface area contributed by atoms with Crippen LogP contribution in [0.4, 0.5) is 10.5 Å². The van der Waals surface area contributed by atoms with Crippen LogP contribution in [0, 0.1) is 6.92 Å². The Hall–Kier alpha value is -1.56. The molecule has 1 aliphatic rings. The predicted molar refractivity (Wildman–Crippen MR) is 70.4 cm³/mol. The molecule has 1 aliphatic heterocycles. The number of nitrogens with one attached hydrogen (secondary N) is 1. The Morgan fingerprint density at radius 1 is 1.56 bits per heavy atom. The van der Waals surface area contributed by atoms with Crippen molar-refractivity contribution < 1.29 is 14.3 Å². The van der Waals surface area contributed by atoms with Crippen LogP contribution in [0.25, 0.3) is 0 Å². The summed E-state index contributed by atoms with van der Waals surface area (Å²) in [5.41, 5.74) is 1.68. The quantitative estimate of drug-likeness (QED) is 0.910. The number of likely N-dealkylation sites (N-methyl/N-ethyl adjacent to an activating group) is 1. The highest BCUT2D eigenvalue weighted by molar-refractivity contribution is 9.10. The van der Waals surface area contributed by atoms with E-state index in [1.165, 1.54) is 4.90 Å². The molecule has 1 atom stereocenters. The highest BCUT2D eigenvalue weighted by Crippen LogP contribution is 2.21. The monoisotopic (exact) mass is 312 g/mol. The number of amides is 2. The van der Waals surface area contributed by atoms with Crippen molar-refractivity contribution in [2.45, 2.75) is 13.0 Å². The summed E-state index contributed by atoms with van der Waals surface area (Å²) in [5, 5.41) is 2.80. The molecule has 96 valence electrons. The van der Waals surface area contributed by atoms with Gasteiger partial charge in [-0.2, -0.15) is 0 Å². The Labute approximate surface area is 113 Å². The van der Waals surface area contributed by atoms with E-state index in [0.717, 1.165) is 15.7 Å². The third-order valence-corrected chi connectivity index (χ3v) is 3.36. The summed E-state index contributed by atoms with van der Waals surface area (Å²) in [4.78, 5) is 24.5. The number of carbonyl (C=O) groups excluding carboxylic acids is 2. The maximum atomic E-state index is 12.0. The zero-order chi connectivity index (χ0) is 13.3. The van der Waals surface area contributed by atoms with Crippen molar-refractivity contribution in [1.82, 2.24) is 4.90 Å². The van der Waals surface area contributed by atoms with E-state index >= 15 is 0 Å². The summed E-state index contributed by atoms with van der Waals surface area (Å²) < 4.78 is 5.76. The molecule has 1 N–H and O–H groups in total. The fourth-order valence-corrected chi connectivity index (χ4v) is 2.20. The molecule has 1 saturated heterocycles. The van der Waals surface area contributed by atoms with Crippen LogP contribution >= 0.6 is 15.9 Å². The molecule has 0 aliphatic carbocycles. The van der Waals surface area contributed by atoms with E-state index in [4.69, 9.17) is 4.74 Å². The molecule has 1 heterocycles. The lowest BCUT2D eigenvalue weighted by Crippen LogP contribution is -2.40. The van der Waals surface area contributed by atoms with Crippen LogP contribution in [0.3, 0.4) is 0 Å². The van der Waals surface area contributed by atoms with Crippen LogP contribution in [0.5, 0.6) is 0 Å². The topological polar surface area (TPSA) is 58.6 Å². The molecule has 0 radical (unpaired) electrons. The number of halogens is 1. The van der Waals surface area contributed by atoms with Crippen LogP contribution in [-0.2, 0) is 9.53 Å². The van der Waals surface area contributed by atoms with Crippen molar-refractivity contribution in [3.8, 4) is 0 Å². The lowest BCUT2D eigenvalue weighted by Gasteiger charge is -2.16. The Bertz CT molecular complexity index is 504. The van der Waals surface area contributed by atoms with Crippen molar-refractivity contribution in [2.24, 2.45) is 0 Å². The summed E-state index contributed by atoms with van der Waals surface area (Å²) in [6, 6.07) is 5.01. The van der Waals surface area contributed by atoms with Gasteiger partial charge in [0.1, 0.15) is 12.6 Å². The molecule has 0 saturated carbocycles. The molecule has 2 rings (SSSR count). The maximum Gasteiger partial charge on any atom is 0.410 e. The number of anilines is 1. The Morgan fingerprint density at radius 2 is 2.28 bits per heavy atom. The minimum atomic E-state index is -0.569. The Kier molecular flexibility index (Phi) is 3.56. The number of cyclic esters (lactones) is 1. The lowest BCUT2D eigenvalue weighted by molar-refractivity contribution is -0.119. The van der Waals surface area contributed by atoms with Gasteiger partial charge in [-0.05, 0) is 30.7 Å². The molecule has 0 aromatic heterocycles. The first-order valence-corrected chi connectivity index (χ1v) is 6.25. The predicted octanol–water partition coefficient (Wildman–Crippen LogP) is 2.15. The van der Waals surface area contributed by atoms with Gasteiger partial charge in [-0.1, -0.05) is 15.9 Å². The third-order valence-electron chi connectivity index (χ3n) is 2.87. The van der Waals surface area contributed by atoms with Crippen molar-refractivity contribution in [2.75, 3.05) is 19.0 Å². The van der Waals surface area contributed by atoms with Crippen LogP contribution < -0.4 is 5.32 Å². The lowest BCUT2D eigenvalue weighted by atomic mass is 10.2. The molecule has 6 heteroatoms. The number of nitrogens with zero attached hydrogens (tertiary/aromatic N) is 1. The normalized spacial score (nSPS) is 18.7. The van der Waals surface area contributed by atoms with E-state index < -0.39 is 12.1 Å². The summed E-state index contributed by atoms with van der Waals surface area (Å²) in [6.07, 6.45) is -0.470. The summed E-state index contributed by atoms with van der Waals surface area (Å²) in [6.45, 7) is 2.00. The van der Waals surface area contributed by atoms with E-state index in [-0.39, 0.29) is 12.5 Å². The zero-order valence-electron chi connectivity index (χ0n) is 10.1. The highest BCUT2D eigenvalue weighted by Gasteiger charge is 2.35. The van der Waals surface area contributed by atoms with Crippen LogP contribution in [0.15, 0.2) is 22.7 Å². The molecule has 5 nitrogen and oxygen atoms in total. The summed E-state index contributed by atoms with van der Waals surface area (Å²) >= 11 is 3.36. The van der Waals surface area contributed by atoms with Gasteiger partial charge >= 0.3 is 6.09 Å². The molecule has 0 spiro atoms. The van der Waals surface area contributed by atoms with Crippen molar-refractivity contribution in [1.29, 1.82) is 0 Å². The summed E-state index contributed by atoms with van der Waals surface area (Å²) in [5.74, 6) is -0.242. The third kappa shape index (κ3) is 2.48. The second kappa shape index (κ2) is 4.97. The number of rotatable bonds is 2. The van der Waals surface area contributed by atoms with Gasteiger partial charge in [-0.15, -0.1) is 0 Å². The number of aryl methyl sites for hydroxylation is 1. The smallest absolute Gasteiger partial charge is 0.410 e. The first-order valence-electron chi connectivity index (χ1n) is 5.45. The van der Waals surface area contributed by atoms with E-state index in [9.17, 15) is 9.59 Å². The van der Waals surface area contributed by atoms with Gasteiger partial charge in [-0.25, -0.2) is 4.79 Å². The van der Waals surface area contributed by atoms with E-state index in [1.54, 1.807) is 7.05 Å². The number of benzene rings is 1. The SMILES string of the molecule is Cc1cc(Br)ccc1NC(=O)C1COC(=O)N1C. The van der Waals surface area contributed by atoms with E-state index in [0.29, 0.717) is 0 Å². The standard InChI is InChI=1S/C12H13BrN2O3/c1-7-5-8(13)3-4-9(7)14-11(16)10-6-18-12(17)15(10)2/h3-5,10H,6H2,1-2H3,(H,14,16). The zero-order valence-corrected chi connectivity index (χ0v) is 11.7. The average Bonchev–Trinajstić information content (AvgIpc) is 2.64. The second-order valence-electron chi connectivity index (χ2n) is 4.15. The van der Waals surface area contributed by atoms with Crippen molar-refractivity contribution in [3.05, 3.63) is 28.2 Å². The second-order valence-corrected chi connectivity index (χ2v) is 5.07. The van der Waals surface area contributed by atoms with Crippen LogP contribution in [-0.4, -0.2) is 36.6 Å². The molecule has 18 heavy (non-hydrogen) atoms. The molecule has 1 fully saturated rings. The molecule has 1 unspecified atom stereocenters. The minimum absolute atomic E-state index is 0.0940. The van der Waals surface area contributed by atoms with Gasteiger partial charge in [0.25, 0.3) is 5.91 Å². The summed E-state index contributed by atoms with van der Waals surface area (Å²) in [7, 11) is 1.55. The molecule has 0 bridgehead atoms. The molecule has 1 aromatic carbocycles. The largest absolute Gasteiger partial charge is 0.447 e. The molecular formula is C12H13BrN2O3. The number of carbonyl (C=O) groups is 2.